The number of nitrogens with one attached hydrogen (secondary N) is 1. The highest BCUT2D eigenvalue weighted by atomic mass is 32.1. The summed E-state index contributed by atoms with van der Waals surface area (Å²) in [6.45, 7) is 4.62. The van der Waals surface area contributed by atoms with Crippen molar-refractivity contribution in [1.82, 2.24) is 9.88 Å². The third kappa shape index (κ3) is 10.4. The van der Waals surface area contributed by atoms with Gasteiger partial charge < -0.3 is 20.3 Å². The van der Waals surface area contributed by atoms with Gasteiger partial charge in [0, 0.05) is 41.7 Å². The molecule has 0 saturated carbocycles. The Hall–Kier alpha value is -3.24. The second-order valence-corrected chi connectivity index (χ2v) is 9.85. The Kier molecular flexibility index (Phi) is 11.2. The summed E-state index contributed by atoms with van der Waals surface area (Å²) in [5, 5.41) is 17.2. The molecule has 2 aromatic rings. The van der Waals surface area contributed by atoms with Crippen LogP contribution in [0.4, 0.5) is 32.0 Å². The number of anilines is 1. The number of ether oxygens (including phenoxy) is 1. The number of alkyl halides is 6. The summed E-state index contributed by atoms with van der Waals surface area (Å²) < 4.78 is 69.4. The van der Waals surface area contributed by atoms with E-state index in [2.05, 4.69) is 34.3 Å². The first-order valence-corrected chi connectivity index (χ1v) is 12.1. The lowest BCUT2D eigenvalue weighted by atomic mass is 9.89. The number of carbonyl (C=O) groups is 3. The van der Waals surface area contributed by atoms with E-state index in [4.69, 9.17) is 24.5 Å². The van der Waals surface area contributed by atoms with Crippen LogP contribution in [0.1, 0.15) is 22.6 Å². The molecule has 39 heavy (non-hydrogen) atoms. The number of nitrogens with zero attached hydrogens (tertiary/aromatic N) is 2. The normalized spacial score (nSPS) is 20.9. The number of thiophene rings is 1. The van der Waals surface area contributed by atoms with Crippen molar-refractivity contribution in [1.29, 1.82) is 0 Å². The number of amides is 1. The average Bonchev–Trinajstić information content (AvgIpc) is 3.48. The molecule has 3 N–H and O–H groups in total. The Bertz CT molecular complexity index is 1090. The van der Waals surface area contributed by atoms with Gasteiger partial charge in [-0.3, -0.25) is 14.7 Å². The summed E-state index contributed by atoms with van der Waals surface area (Å²) in [6, 6.07) is 8.50. The number of carboxylic acid groups (broad SMARTS) is 2. The van der Waals surface area contributed by atoms with Crippen LogP contribution < -0.4 is 5.32 Å². The molecule has 4 rings (SSSR count). The highest BCUT2D eigenvalue weighted by Gasteiger charge is 2.42. The van der Waals surface area contributed by atoms with Crippen LogP contribution in [0, 0.1) is 12.8 Å². The largest absolute Gasteiger partial charge is 0.490 e. The lowest BCUT2D eigenvalue weighted by molar-refractivity contribution is -0.193. The zero-order chi connectivity index (χ0) is 29.4. The van der Waals surface area contributed by atoms with Crippen molar-refractivity contribution in [2.24, 2.45) is 5.92 Å². The van der Waals surface area contributed by atoms with Crippen LogP contribution >= 0.6 is 11.3 Å². The smallest absolute Gasteiger partial charge is 0.475 e. The molecule has 0 aliphatic carbocycles. The number of aryl methyl sites for hydroxylation is 1. The van der Waals surface area contributed by atoms with Crippen molar-refractivity contribution < 1.29 is 55.7 Å². The molecule has 2 saturated heterocycles. The van der Waals surface area contributed by atoms with Crippen LogP contribution in [0.15, 0.2) is 36.7 Å². The molecule has 0 unspecified atom stereocenters. The van der Waals surface area contributed by atoms with Gasteiger partial charge in [0.2, 0.25) is 5.91 Å². The molecule has 216 valence electrons. The molecule has 3 atom stereocenters. The summed E-state index contributed by atoms with van der Waals surface area (Å²) >= 11 is 1.84. The topological polar surface area (TPSA) is 129 Å². The van der Waals surface area contributed by atoms with E-state index >= 15 is 0 Å². The third-order valence-electron chi connectivity index (χ3n) is 5.56. The monoisotopic (exact) mass is 585 g/mol. The number of halogens is 6. The van der Waals surface area contributed by atoms with Crippen LogP contribution in [0.2, 0.25) is 0 Å². The van der Waals surface area contributed by atoms with Gasteiger partial charge in [0.15, 0.2) is 0 Å². The van der Waals surface area contributed by atoms with Crippen molar-refractivity contribution in [2.45, 2.75) is 50.8 Å². The number of aromatic nitrogens is 1. The molecule has 16 heteroatoms. The summed E-state index contributed by atoms with van der Waals surface area (Å²) in [6.07, 6.45) is -4.75. The first kappa shape index (κ1) is 32.0. The standard InChI is InChI=1S/C19H23N3O2S.2C2HF3O2/c1-13-4-5-16(25-13)12-22-11-14(9-18-17(22)6-8-24-18)19(23)21-15-3-2-7-20-10-15;2*3-2(4,5)1(6)7/h2-5,7,10,14,17-18H,6,8-9,11-12H2,1H3,(H,21,23);2*(H,6,7)/t14-,17+,18+;;/m0../s1. The molecular weight excluding hydrogens is 560 g/mol. The van der Waals surface area contributed by atoms with Gasteiger partial charge in [-0.05, 0) is 44.0 Å². The number of rotatable bonds is 4. The predicted molar refractivity (Wildman–Crippen MR) is 126 cm³/mol. The number of likely N-dealkylation sites (tertiary alicyclic amines) is 1. The number of carbonyl (C=O) groups excluding carboxylic acids is 1. The second-order valence-electron chi connectivity index (χ2n) is 8.48. The van der Waals surface area contributed by atoms with E-state index in [0.717, 1.165) is 38.2 Å². The van der Waals surface area contributed by atoms with E-state index in [0.29, 0.717) is 6.04 Å². The molecule has 0 radical (unpaired) electrons. The van der Waals surface area contributed by atoms with Crippen LogP contribution in [0.5, 0.6) is 0 Å². The second kappa shape index (κ2) is 13.7. The highest BCUT2D eigenvalue weighted by Crippen LogP contribution is 2.33. The van der Waals surface area contributed by atoms with Gasteiger partial charge in [-0.25, -0.2) is 9.59 Å². The molecule has 2 fully saturated rings. The summed E-state index contributed by atoms with van der Waals surface area (Å²) in [5.41, 5.74) is 0.752. The fourth-order valence-electron chi connectivity index (χ4n) is 3.88. The van der Waals surface area contributed by atoms with Crippen molar-refractivity contribution >= 4 is 34.9 Å². The molecule has 2 aromatic heterocycles. The molecule has 9 nitrogen and oxygen atoms in total. The van der Waals surface area contributed by atoms with E-state index in [9.17, 15) is 31.1 Å². The SMILES string of the molecule is Cc1ccc(CN2C[C@@H](C(=O)Nc3cccnc3)C[C@H]3OCC[C@H]32)s1.O=C(O)C(F)(F)F.O=C(O)C(F)(F)F. The third-order valence-corrected chi connectivity index (χ3v) is 6.54. The minimum absolute atomic E-state index is 0.0550. The van der Waals surface area contributed by atoms with Gasteiger partial charge >= 0.3 is 24.3 Å². The first-order valence-electron chi connectivity index (χ1n) is 11.3. The van der Waals surface area contributed by atoms with Crippen molar-refractivity contribution in [3.8, 4) is 0 Å². The van der Waals surface area contributed by atoms with Crippen LogP contribution in [-0.2, 0) is 25.7 Å². The van der Waals surface area contributed by atoms with Crippen LogP contribution in [0.3, 0.4) is 0 Å². The molecule has 0 spiro atoms. The number of pyridine rings is 1. The molecule has 2 aliphatic rings. The number of piperidine rings is 1. The zero-order valence-electron chi connectivity index (χ0n) is 20.3. The Balaban J connectivity index is 0.000000317. The van der Waals surface area contributed by atoms with Gasteiger partial charge in [0.25, 0.3) is 0 Å². The number of fused-ring (bicyclic) bond motifs is 1. The van der Waals surface area contributed by atoms with Gasteiger partial charge in [0.1, 0.15) is 0 Å². The maximum atomic E-state index is 12.7. The van der Waals surface area contributed by atoms with E-state index in [1.165, 1.54) is 9.75 Å². The molecule has 4 heterocycles. The fraction of sp³-hybridized carbons (Fsp3) is 0.478. The zero-order valence-corrected chi connectivity index (χ0v) is 21.1. The molecule has 0 aromatic carbocycles. The van der Waals surface area contributed by atoms with Crippen molar-refractivity contribution in [3.63, 3.8) is 0 Å². The predicted octanol–water partition coefficient (Wildman–Crippen LogP) is 4.34. The summed E-state index contributed by atoms with van der Waals surface area (Å²) in [7, 11) is 0. The van der Waals surface area contributed by atoms with E-state index in [-0.39, 0.29) is 17.9 Å². The first-order chi connectivity index (χ1) is 18.1. The minimum Gasteiger partial charge on any atom is -0.475 e. The molecule has 0 bridgehead atoms. The lowest BCUT2D eigenvalue weighted by Crippen LogP contribution is -2.51. The van der Waals surface area contributed by atoms with Gasteiger partial charge in [0.05, 0.1) is 23.9 Å². The van der Waals surface area contributed by atoms with E-state index in [1.807, 2.05) is 23.5 Å². The molecular formula is C23H25F6N3O6S. The fourth-order valence-corrected chi connectivity index (χ4v) is 4.79. The van der Waals surface area contributed by atoms with Crippen LogP contribution in [-0.4, -0.2) is 75.6 Å². The van der Waals surface area contributed by atoms with Crippen LogP contribution in [0.25, 0.3) is 0 Å². The van der Waals surface area contributed by atoms with Crippen molar-refractivity contribution in [2.75, 3.05) is 18.5 Å². The summed E-state index contributed by atoms with van der Waals surface area (Å²) in [5.74, 6) is -5.50. The average molecular weight is 586 g/mol. The number of hydrogen-bond acceptors (Lipinski definition) is 7. The van der Waals surface area contributed by atoms with Gasteiger partial charge in [-0.15, -0.1) is 11.3 Å². The Labute approximate surface area is 222 Å². The van der Waals surface area contributed by atoms with E-state index in [1.54, 1.807) is 12.4 Å². The Morgan fingerprint density at radius 1 is 1.10 bits per heavy atom. The quantitative estimate of drug-likeness (QED) is 0.453. The molecule has 1 amide bonds. The minimum atomic E-state index is -5.08. The maximum Gasteiger partial charge on any atom is 0.490 e. The Morgan fingerprint density at radius 3 is 2.21 bits per heavy atom. The van der Waals surface area contributed by atoms with E-state index < -0.39 is 24.3 Å². The van der Waals surface area contributed by atoms with Gasteiger partial charge in [-0.1, -0.05) is 0 Å². The van der Waals surface area contributed by atoms with Crippen molar-refractivity contribution in [3.05, 3.63) is 46.4 Å². The summed E-state index contributed by atoms with van der Waals surface area (Å²) in [4.78, 5) is 39.7. The maximum absolute atomic E-state index is 12.7. The Morgan fingerprint density at radius 2 is 1.72 bits per heavy atom. The number of hydrogen-bond donors (Lipinski definition) is 3. The number of carboxylic acids is 2. The van der Waals surface area contributed by atoms with Gasteiger partial charge in [-0.2, -0.15) is 26.3 Å². The highest BCUT2D eigenvalue weighted by molar-refractivity contribution is 7.11. The number of aliphatic carboxylic acids is 2. The lowest BCUT2D eigenvalue weighted by Gasteiger charge is -2.40. The molecule has 2 aliphatic heterocycles.